The number of halogens is 1. The summed E-state index contributed by atoms with van der Waals surface area (Å²) >= 11 is 5.49. The molecule has 0 rings (SSSR count). The van der Waals surface area contributed by atoms with E-state index in [-0.39, 0.29) is 6.10 Å². The van der Waals surface area contributed by atoms with E-state index in [1.54, 1.807) is 0 Å². The smallest absolute Gasteiger partial charge is 0.205 e. The third kappa shape index (κ3) is 4.62. The first-order valence-corrected chi connectivity index (χ1v) is 5.64. The minimum atomic E-state index is -0.530. The molecule has 0 fully saturated rings. The molecule has 0 aliphatic carbocycles. The predicted octanol–water partition coefficient (Wildman–Crippen LogP) is 1.88. The van der Waals surface area contributed by atoms with Crippen molar-refractivity contribution in [1.82, 2.24) is 0 Å². The lowest BCUT2D eigenvalue weighted by atomic mass is 10.5. The fourth-order valence-electron chi connectivity index (χ4n) is 0.434. The minimum absolute atomic E-state index is 0.237. The van der Waals surface area contributed by atoms with Crippen molar-refractivity contribution >= 4 is 20.6 Å². The Labute approximate surface area is 57.7 Å². The second-order valence-corrected chi connectivity index (χ2v) is 4.35. The largest absolute Gasteiger partial charge is 0.413 e. The monoisotopic (exact) mass is 151 g/mol. The van der Waals surface area contributed by atoms with Gasteiger partial charge in [-0.25, -0.2) is 0 Å². The van der Waals surface area contributed by atoms with E-state index in [0.29, 0.717) is 5.88 Å². The van der Waals surface area contributed by atoms with Gasteiger partial charge in [-0.3, -0.25) is 0 Å². The van der Waals surface area contributed by atoms with Gasteiger partial charge in [-0.1, -0.05) is 0 Å². The van der Waals surface area contributed by atoms with Gasteiger partial charge in [0.05, 0.1) is 6.10 Å². The summed E-state index contributed by atoms with van der Waals surface area (Å²) in [6.07, 6.45) is 0.237. The van der Waals surface area contributed by atoms with Gasteiger partial charge in [0.1, 0.15) is 0 Å². The van der Waals surface area contributed by atoms with Gasteiger partial charge < -0.3 is 4.43 Å². The van der Waals surface area contributed by atoms with Crippen molar-refractivity contribution in [2.75, 3.05) is 5.88 Å². The summed E-state index contributed by atoms with van der Waals surface area (Å²) in [7, 11) is -0.530. The summed E-state index contributed by atoms with van der Waals surface area (Å²) in [5.74, 6) is 0.607. The number of hydrogen-bond donors (Lipinski definition) is 0. The van der Waals surface area contributed by atoms with Crippen molar-refractivity contribution < 1.29 is 4.43 Å². The zero-order chi connectivity index (χ0) is 6.57. The zero-order valence-electron chi connectivity index (χ0n) is 5.57. The average molecular weight is 152 g/mol. The van der Waals surface area contributed by atoms with Crippen LogP contribution in [0.3, 0.4) is 0 Å². The molecule has 0 N–H and O–H groups in total. The molecule has 0 amide bonds. The van der Waals surface area contributed by atoms with Crippen LogP contribution in [-0.4, -0.2) is 21.0 Å². The first kappa shape index (κ1) is 8.47. The van der Waals surface area contributed by atoms with E-state index in [9.17, 15) is 0 Å². The first-order valence-electron chi connectivity index (χ1n) is 2.69. The Morgan fingerprint density at radius 2 is 2.12 bits per heavy atom. The lowest BCUT2D eigenvalue weighted by Gasteiger charge is -2.10. The summed E-state index contributed by atoms with van der Waals surface area (Å²) in [6, 6.07) is 0. The highest BCUT2D eigenvalue weighted by Crippen LogP contribution is 1.95. The van der Waals surface area contributed by atoms with Crippen LogP contribution in [0.25, 0.3) is 0 Å². The predicted molar refractivity (Wildman–Crippen MR) is 38.7 cm³/mol. The van der Waals surface area contributed by atoms with Crippen LogP contribution in [0.4, 0.5) is 0 Å². The molecule has 0 bridgehead atoms. The van der Waals surface area contributed by atoms with Gasteiger partial charge in [0.2, 0.25) is 9.04 Å². The van der Waals surface area contributed by atoms with Gasteiger partial charge in [0, 0.05) is 5.88 Å². The molecule has 1 atom stereocenters. The quantitative estimate of drug-likeness (QED) is 0.442. The molecule has 0 aliphatic rings. The van der Waals surface area contributed by atoms with Crippen LogP contribution >= 0.6 is 11.6 Å². The summed E-state index contributed by atoms with van der Waals surface area (Å²) in [5, 5.41) is 0. The van der Waals surface area contributed by atoms with E-state index in [1.165, 1.54) is 0 Å². The van der Waals surface area contributed by atoms with Crippen LogP contribution < -0.4 is 0 Å². The Morgan fingerprint density at radius 3 is 2.25 bits per heavy atom. The molecule has 0 saturated carbocycles. The summed E-state index contributed by atoms with van der Waals surface area (Å²) in [6.45, 7) is 6.20. The van der Waals surface area contributed by atoms with Gasteiger partial charge in [-0.15, -0.1) is 11.6 Å². The Bertz CT molecular complexity index is 58.4. The third-order valence-corrected chi connectivity index (χ3v) is 1.96. The molecule has 0 aliphatic heterocycles. The highest BCUT2D eigenvalue weighted by atomic mass is 35.5. The standard InChI is InChI=1S/C5H12ClOSi/c1-5(4-6)7-8(2)3/h5H,4H2,1-3H3. The molecule has 8 heavy (non-hydrogen) atoms. The molecule has 1 radical (unpaired) electrons. The Balaban J connectivity index is 3.10. The van der Waals surface area contributed by atoms with Crippen molar-refractivity contribution in [3.8, 4) is 0 Å². The second-order valence-electron chi connectivity index (χ2n) is 1.99. The van der Waals surface area contributed by atoms with E-state index < -0.39 is 9.04 Å². The fourth-order valence-corrected chi connectivity index (χ4v) is 1.49. The van der Waals surface area contributed by atoms with Crippen LogP contribution in [0.5, 0.6) is 0 Å². The van der Waals surface area contributed by atoms with Crippen molar-refractivity contribution in [3.63, 3.8) is 0 Å². The van der Waals surface area contributed by atoms with Crippen molar-refractivity contribution in [1.29, 1.82) is 0 Å². The van der Waals surface area contributed by atoms with Crippen LogP contribution in [0.15, 0.2) is 0 Å². The van der Waals surface area contributed by atoms with Gasteiger partial charge in [0.25, 0.3) is 0 Å². The van der Waals surface area contributed by atoms with E-state index >= 15 is 0 Å². The maximum absolute atomic E-state index is 5.49. The maximum Gasteiger partial charge on any atom is 0.205 e. The van der Waals surface area contributed by atoms with Crippen LogP contribution in [0, 0.1) is 0 Å². The number of rotatable bonds is 3. The normalized spacial score (nSPS) is 14.6. The molecule has 49 valence electrons. The summed E-state index contributed by atoms with van der Waals surface area (Å²) in [4.78, 5) is 0. The molecule has 0 aromatic rings. The molecule has 0 aromatic heterocycles. The van der Waals surface area contributed by atoms with Crippen LogP contribution in [0.1, 0.15) is 6.92 Å². The summed E-state index contributed by atoms with van der Waals surface area (Å²) in [5.41, 5.74) is 0. The van der Waals surface area contributed by atoms with Crippen molar-refractivity contribution in [2.45, 2.75) is 26.1 Å². The molecule has 0 spiro atoms. The summed E-state index contributed by atoms with van der Waals surface area (Å²) < 4.78 is 5.37. The van der Waals surface area contributed by atoms with Crippen molar-refractivity contribution in [2.24, 2.45) is 0 Å². The molecule has 3 heteroatoms. The topological polar surface area (TPSA) is 9.23 Å². The molecular formula is C5H12ClOSi. The third-order valence-electron chi connectivity index (χ3n) is 0.654. The fraction of sp³-hybridized carbons (Fsp3) is 1.00. The molecule has 1 nitrogen and oxygen atoms in total. The highest BCUT2D eigenvalue weighted by molar-refractivity contribution is 6.48. The second kappa shape index (κ2) is 4.36. The average Bonchev–Trinajstić information content (AvgIpc) is 1.65. The SMILES string of the molecule is CC(CCl)O[Si](C)C. The number of hydrogen-bond acceptors (Lipinski definition) is 1. The Hall–Kier alpha value is 0.467. The van der Waals surface area contributed by atoms with E-state index in [0.717, 1.165) is 0 Å². The van der Waals surface area contributed by atoms with Crippen molar-refractivity contribution in [3.05, 3.63) is 0 Å². The van der Waals surface area contributed by atoms with Crippen LogP contribution in [-0.2, 0) is 4.43 Å². The lowest BCUT2D eigenvalue weighted by Crippen LogP contribution is -2.18. The Morgan fingerprint density at radius 1 is 1.62 bits per heavy atom. The molecule has 1 unspecified atom stereocenters. The minimum Gasteiger partial charge on any atom is -0.413 e. The maximum atomic E-state index is 5.49. The van der Waals surface area contributed by atoms with E-state index in [1.807, 2.05) is 6.92 Å². The van der Waals surface area contributed by atoms with Gasteiger partial charge >= 0.3 is 0 Å². The van der Waals surface area contributed by atoms with Crippen LogP contribution in [0.2, 0.25) is 13.1 Å². The molecule has 0 heterocycles. The molecular weight excluding hydrogens is 140 g/mol. The van der Waals surface area contributed by atoms with E-state index in [2.05, 4.69) is 13.1 Å². The molecule has 0 saturated heterocycles. The van der Waals surface area contributed by atoms with Gasteiger partial charge in [-0.05, 0) is 20.0 Å². The lowest BCUT2D eigenvalue weighted by molar-refractivity contribution is 0.251. The van der Waals surface area contributed by atoms with Gasteiger partial charge in [0.15, 0.2) is 0 Å². The molecule has 0 aromatic carbocycles. The number of alkyl halides is 1. The van der Waals surface area contributed by atoms with Gasteiger partial charge in [-0.2, -0.15) is 0 Å². The first-order chi connectivity index (χ1) is 3.66. The highest BCUT2D eigenvalue weighted by Gasteiger charge is 2.02. The van der Waals surface area contributed by atoms with E-state index in [4.69, 9.17) is 16.0 Å². The Kier molecular flexibility index (Phi) is 4.61. The zero-order valence-corrected chi connectivity index (χ0v) is 7.33.